The highest BCUT2D eigenvalue weighted by atomic mass is 16.5. The maximum absolute atomic E-state index is 12.6. The van der Waals surface area contributed by atoms with Crippen molar-refractivity contribution in [1.82, 2.24) is 4.90 Å². The molecule has 0 aromatic heterocycles. The van der Waals surface area contributed by atoms with Crippen LogP contribution in [0.4, 0.5) is 0 Å². The van der Waals surface area contributed by atoms with E-state index in [0.29, 0.717) is 6.61 Å². The molecule has 3 nitrogen and oxygen atoms in total. The molecule has 0 N–H and O–H groups in total. The third-order valence-electron chi connectivity index (χ3n) is 4.27. The number of ether oxygens (including phenoxy) is 1. The van der Waals surface area contributed by atoms with Crippen LogP contribution >= 0.6 is 0 Å². The lowest BCUT2D eigenvalue weighted by Crippen LogP contribution is -2.36. The van der Waals surface area contributed by atoms with Crippen molar-refractivity contribution in [3.05, 3.63) is 35.9 Å². The zero-order valence-electron chi connectivity index (χ0n) is 11.4. The fourth-order valence-corrected chi connectivity index (χ4v) is 3.28. The fourth-order valence-electron chi connectivity index (χ4n) is 3.28. The summed E-state index contributed by atoms with van der Waals surface area (Å²) in [6.45, 7) is 3.53. The van der Waals surface area contributed by atoms with Gasteiger partial charge in [-0.15, -0.1) is 0 Å². The van der Waals surface area contributed by atoms with Gasteiger partial charge in [0.15, 0.2) is 0 Å². The Bertz CT molecular complexity index is 445. The van der Waals surface area contributed by atoms with Crippen molar-refractivity contribution in [3.63, 3.8) is 0 Å². The van der Waals surface area contributed by atoms with Crippen LogP contribution in [-0.4, -0.2) is 30.1 Å². The van der Waals surface area contributed by atoms with Gasteiger partial charge in [-0.2, -0.15) is 0 Å². The first-order chi connectivity index (χ1) is 9.25. The molecule has 3 rings (SSSR count). The van der Waals surface area contributed by atoms with Crippen molar-refractivity contribution in [1.29, 1.82) is 0 Å². The Morgan fingerprint density at radius 2 is 2.11 bits per heavy atom. The molecule has 0 bridgehead atoms. The minimum absolute atomic E-state index is 0.0688. The van der Waals surface area contributed by atoms with E-state index in [1.807, 2.05) is 13.0 Å². The highest BCUT2D eigenvalue weighted by Crippen LogP contribution is 2.34. The molecule has 102 valence electrons. The molecular formula is C16H21NO2. The fraction of sp³-hybridized carbons (Fsp3) is 0.562. The second-order valence-corrected chi connectivity index (χ2v) is 5.68. The van der Waals surface area contributed by atoms with Gasteiger partial charge in [-0.25, -0.2) is 0 Å². The predicted octanol–water partition coefficient (Wildman–Crippen LogP) is 2.78. The van der Waals surface area contributed by atoms with E-state index in [9.17, 15) is 4.79 Å². The lowest BCUT2D eigenvalue weighted by Gasteiger charge is -2.27. The lowest BCUT2D eigenvalue weighted by molar-refractivity contribution is -0.136. The van der Waals surface area contributed by atoms with Crippen LogP contribution in [0.3, 0.4) is 0 Å². The summed E-state index contributed by atoms with van der Waals surface area (Å²) in [6, 6.07) is 10.7. The second-order valence-electron chi connectivity index (χ2n) is 5.68. The molecule has 2 saturated heterocycles. The zero-order chi connectivity index (χ0) is 13.2. The highest BCUT2D eigenvalue weighted by Gasteiger charge is 2.36. The average Bonchev–Trinajstić information content (AvgIpc) is 3.07. The molecule has 0 radical (unpaired) electrons. The van der Waals surface area contributed by atoms with Gasteiger partial charge in [0, 0.05) is 6.54 Å². The molecule has 2 fully saturated rings. The van der Waals surface area contributed by atoms with Crippen LogP contribution in [0.25, 0.3) is 0 Å². The third-order valence-corrected chi connectivity index (χ3v) is 4.27. The first-order valence-electron chi connectivity index (χ1n) is 7.22. The van der Waals surface area contributed by atoms with Crippen molar-refractivity contribution in [2.75, 3.05) is 13.2 Å². The van der Waals surface area contributed by atoms with Crippen LogP contribution in [0.5, 0.6) is 0 Å². The quantitative estimate of drug-likeness (QED) is 0.817. The Balaban J connectivity index is 1.74. The standard InChI is InChI=1S/C16H21NO2/c1-12-10-14(11-19-12)16(18)17-9-5-8-15(17)13-6-3-2-4-7-13/h2-4,6-7,12,14-15H,5,8-11H2,1H3. The average molecular weight is 259 g/mol. The van der Waals surface area contributed by atoms with Crippen molar-refractivity contribution in [3.8, 4) is 0 Å². The summed E-state index contributed by atoms with van der Waals surface area (Å²) in [5, 5.41) is 0. The summed E-state index contributed by atoms with van der Waals surface area (Å²) < 4.78 is 5.54. The number of likely N-dealkylation sites (tertiary alicyclic amines) is 1. The second kappa shape index (κ2) is 5.33. The Hall–Kier alpha value is -1.35. The molecule has 2 heterocycles. The topological polar surface area (TPSA) is 29.5 Å². The number of benzene rings is 1. The predicted molar refractivity (Wildman–Crippen MR) is 73.7 cm³/mol. The third kappa shape index (κ3) is 2.52. The summed E-state index contributed by atoms with van der Waals surface area (Å²) in [7, 11) is 0. The SMILES string of the molecule is CC1CC(C(=O)N2CCCC2c2ccccc2)CO1. The Labute approximate surface area is 114 Å². The summed E-state index contributed by atoms with van der Waals surface area (Å²) in [4.78, 5) is 14.7. The first-order valence-corrected chi connectivity index (χ1v) is 7.22. The summed E-state index contributed by atoms with van der Waals surface area (Å²) >= 11 is 0. The van der Waals surface area contributed by atoms with Crippen LogP contribution in [0.15, 0.2) is 30.3 Å². The van der Waals surface area contributed by atoms with Crippen molar-refractivity contribution < 1.29 is 9.53 Å². The van der Waals surface area contributed by atoms with E-state index >= 15 is 0 Å². The summed E-state index contributed by atoms with van der Waals surface area (Å²) in [6.07, 6.45) is 3.29. The molecule has 1 amide bonds. The number of carbonyl (C=O) groups excluding carboxylic acids is 1. The molecule has 0 aliphatic carbocycles. The Morgan fingerprint density at radius 3 is 2.79 bits per heavy atom. The minimum atomic E-state index is 0.0688. The zero-order valence-corrected chi connectivity index (χ0v) is 11.4. The molecule has 19 heavy (non-hydrogen) atoms. The molecule has 2 aliphatic heterocycles. The van der Waals surface area contributed by atoms with E-state index in [1.165, 1.54) is 5.56 Å². The molecule has 1 aromatic carbocycles. The van der Waals surface area contributed by atoms with Gasteiger partial charge >= 0.3 is 0 Å². The smallest absolute Gasteiger partial charge is 0.228 e. The van der Waals surface area contributed by atoms with Gasteiger partial charge < -0.3 is 9.64 Å². The molecule has 3 unspecified atom stereocenters. The van der Waals surface area contributed by atoms with Gasteiger partial charge in [0.1, 0.15) is 0 Å². The number of carbonyl (C=O) groups is 1. The van der Waals surface area contributed by atoms with E-state index in [2.05, 4.69) is 29.2 Å². The lowest BCUT2D eigenvalue weighted by atomic mass is 10.0. The Morgan fingerprint density at radius 1 is 1.32 bits per heavy atom. The molecule has 3 atom stereocenters. The first kappa shape index (κ1) is 12.7. The van der Waals surface area contributed by atoms with Crippen LogP contribution in [0, 0.1) is 5.92 Å². The van der Waals surface area contributed by atoms with E-state index < -0.39 is 0 Å². The maximum Gasteiger partial charge on any atom is 0.228 e. The van der Waals surface area contributed by atoms with Crippen molar-refractivity contribution in [2.45, 2.75) is 38.3 Å². The molecule has 0 spiro atoms. The molecular weight excluding hydrogens is 238 g/mol. The van der Waals surface area contributed by atoms with Gasteiger partial charge in [0.2, 0.25) is 5.91 Å². The van der Waals surface area contributed by atoms with Gasteiger partial charge in [0.25, 0.3) is 0 Å². The maximum atomic E-state index is 12.6. The number of amides is 1. The Kier molecular flexibility index (Phi) is 3.56. The van der Waals surface area contributed by atoms with E-state index in [4.69, 9.17) is 4.74 Å². The highest BCUT2D eigenvalue weighted by molar-refractivity contribution is 5.80. The monoisotopic (exact) mass is 259 g/mol. The van der Waals surface area contributed by atoms with Gasteiger partial charge in [0.05, 0.1) is 24.7 Å². The molecule has 1 aromatic rings. The molecule has 3 heteroatoms. The van der Waals surface area contributed by atoms with Gasteiger partial charge in [-0.1, -0.05) is 30.3 Å². The van der Waals surface area contributed by atoms with Gasteiger partial charge in [-0.05, 0) is 31.7 Å². The van der Waals surface area contributed by atoms with Crippen LogP contribution < -0.4 is 0 Å². The largest absolute Gasteiger partial charge is 0.378 e. The molecule has 2 aliphatic rings. The van der Waals surface area contributed by atoms with Crippen molar-refractivity contribution in [2.24, 2.45) is 5.92 Å². The van der Waals surface area contributed by atoms with E-state index in [0.717, 1.165) is 25.8 Å². The van der Waals surface area contributed by atoms with Gasteiger partial charge in [-0.3, -0.25) is 4.79 Å². The van der Waals surface area contributed by atoms with Crippen LogP contribution in [0.2, 0.25) is 0 Å². The summed E-state index contributed by atoms with van der Waals surface area (Å²) in [5.74, 6) is 0.356. The van der Waals surface area contributed by atoms with Crippen LogP contribution in [-0.2, 0) is 9.53 Å². The molecule has 0 saturated carbocycles. The number of hydrogen-bond donors (Lipinski definition) is 0. The van der Waals surface area contributed by atoms with E-state index in [-0.39, 0.29) is 24.0 Å². The number of nitrogens with zero attached hydrogens (tertiary/aromatic N) is 1. The number of rotatable bonds is 2. The van der Waals surface area contributed by atoms with Crippen molar-refractivity contribution >= 4 is 5.91 Å². The normalized spacial score (nSPS) is 30.8. The van der Waals surface area contributed by atoms with Crippen LogP contribution in [0.1, 0.15) is 37.8 Å². The summed E-state index contributed by atoms with van der Waals surface area (Å²) in [5.41, 5.74) is 1.26. The van der Waals surface area contributed by atoms with E-state index in [1.54, 1.807) is 0 Å². The minimum Gasteiger partial charge on any atom is -0.378 e. The number of hydrogen-bond acceptors (Lipinski definition) is 2.